The number of halogens is 1. The van der Waals surface area contributed by atoms with Gasteiger partial charge in [0.15, 0.2) is 0 Å². The second-order valence-electron chi connectivity index (χ2n) is 4.91. The number of pyridine rings is 1. The van der Waals surface area contributed by atoms with Gasteiger partial charge in [-0.05, 0) is 66.9 Å². The number of rotatable bonds is 5. The number of hydrogen-bond acceptors (Lipinski definition) is 4. The Labute approximate surface area is 137 Å². The molecule has 0 atom stereocenters. The van der Waals surface area contributed by atoms with E-state index in [0.29, 0.717) is 5.52 Å². The first kappa shape index (κ1) is 17.4. The molecular weight excluding hydrogens is 369 g/mol. The van der Waals surface area contributed by atoms with Crippen molar-refractivity contribution in [1.29, 1.82) is 0 Å². The van der Waals surface area contributed by atoms with Crippen LogP contribution in [0.15, 0.2) is 21.4 Å². The molecule has 1 N–H and O–H groups in total. The Morgan fingerprint density at radius 1 is 1.18 bits per heavy atom. The van der Waals surface area contributed by atoms with Crippen LogP contribution >= 0.6 is 23.5 Å². The maximum absolute atomic E-state index is 12.8. The van der Waals surface area contributed by atoms with Gasteiger partial charge in [-0.15, -0.1) is 0 Å². The fourth-order valence-corrected chi connectivity index (χ4v) is 4.53. The minimum Gasteiger partial charge on any atom is -0.320 e. The molecule has 120 valence electrons. The largest absolute Gasteiger partial charge is 0.366 e. The highest BCUT2D eigenvalue weighted by atomic mass is 79.9. The molecule has 5 nitrogen and oxygen atoms in total. The Morgan fingerprint density at radius 3 is 2.32 bits per heavy atom. The van der Waals surface area contributed by atoms with Crippen LogP contribution < -0.4 is 10.9 Å². The van der Waals surface area contributed by atoms with E-state index in [2.05, 4.69) is 20.9 Å². The first-order valence-electron chi connectivity index (χ1n) is 7.06. The van der Waals surface area contributed by atoms with Crippen molar-refractivity contribution in [3.8, 4) is 0 Å². The van der Waals surface area contributed by atoms with Gasteiger partial charge in [0, 0.05) is 9.86 Å². The van der Waals surface area contributed by atoms with Crippen molar-refractivity contribution in [2.45, 2.75) is 27.7 Å². The zero-order valence-corrected chi connectivity index (χ0v) is 15.5. The van der Waals surface area contributed by atoms with Crippen LogP contribution in [0.3, 0.4) is 0 Å². The van der Waals surface area contributed by atoms with Crippen molar-refractivity contribution in [3.05, 3.63) is 38.1 Å². The van der Waals surface area contributed by atoms with E-state index >= 15 is 0 Å². The molecule has 1 aromatic heterocycles. The quantitative estimate of drug-likeness (QED) is 0.792. The van der Waals surface area contributed by atoms with E-state index in [1.54, 1.807) is 19.9 Å². The van der Waals surface area contributed by atoms with Gasteiger partial charge in [0.25, 0.3) is 5.56 Å². The fourth-order valence-electron chi connectivity index (χ4n) is 2.25. The van der Waals surface area contributed by atoms with Gasteiger partial charge in [-0.3, -0.25) is 9.36 Å². The van der Waals surface area contributed by atoms with Crippen LogP contribution in [0.25, 0.3) is 10.9 Å². The van der Waals surface area contributed by atoms with Gasteiger partial charge in [-0.1, -0.05) is 0 Å². The Hall–Kier alpha value is -0.940. The van der Waals surface area contributed by atoms with E-state index in [0.717, 1.165) is 21.0 Å². The molecule has 0 aliphatic heterocycles. The zero-order chi connectivity index (χ0) is 16.5. The molecule has 0 bridgehead atoms. The third-order valence-electron chi connectivity index (χ3n) is 3.46. The first-order chi connectivity index (χ1) is 10.3. The van der Waals surface area contributed by atoms with Gasteiger partial charge in [0.05, 0.1) is 18.7 Å². The summed E-state index contributed by atoms with van der Waals surface area (Å²) in [4.78, 5) is 15.2. The van der Waals surface area contributed by atoms with Gasteiger partial charge in [0.2, 0.25) is 0 Å². The van der Waals surface area contributed by atoms with E-state index in [1.807, 2.05) is 19.9 Å². The molecule has 7 heteroatoms. The van der Waals surface area contributed by atoms with Gasteiger partial charge in [-0.2, -0.15) is 0 Å². The fraction of sp³-hybridized carbons (Fsp3) is 0.400. The molecule has 1 aromatic carbocycles. The normalized spacial score (nSPS) is 12.0. The van der Waals surface area contributed by atoms with Crippen LogP contribution in [0.5, 0.6) is 0 Å². The van der Waals surface area contributed by atoms with Crippen molar-refractivity contribution in [3.63, 3.8) is 0 Å². The molecule has 0 saturated heterocycles. The zero-order valence-electron chi connectivity index (χ0n) is 13.0. The molecule has 0 saturated carbocycles. The number of aromatic nitrogens is 1. The Balaban J connectivity index is 2.76. The number of aryl methyl sites for hydroxylation is 1. The predicted octanol–water partition coefficient (Wildman–Crippen LogP) is 3.80. The number of fused-ring (bicyclic) bond motifs is 1. The summed E-state index contributed by atoms with van der Waals surface area (Å²) in [6.45, 7) is 7.78. The second-order valence-corrected chi connectivity index (χ2v) is 7.70. The highest BCUT2D eigenvalue weighted by molar-refractivity contribution is 9.10. The molecular formula is C15H19BrNO4P. The molecule has 0 spiro atoms. The van der Waals surface area contributed by atoms with Crippen LogP contribution in [0.1, 0.15) is 25.0 Å². The Kier molecular flexibility index (Phi) is 5.28. The van der Waals surface area contributed by atoms with Crippen molar-refractivity contribution in [2.75, 3.05) is 13.2 Å². The van der Waals surface area contributed by atoms with E-state index in [9.17, 15) is 9.36 Å². The van der Waals surface area contributed by atoms with Crippen LogP contribution in [0.4, 0.5) is 0 Å². The average molecular weight is 388 g/mol. The molecule has 1 heterocycles. The average Bonchev–Trinajstić information content (AvgIpc) is 2.46. The lowest BCUT2D eigenvalue weighted by Gasteiger charge is -2.17. The molecule has 0 aliphatic rings. The minimum absolute atomic E-state index is 0.0406. The summed E-state index contributed by atoms with van der Waals surface area (Å²) in [5, 5.41) is 0.822. The van der Waals surface area contributed by atoms with Crippen LogP contribution in [-0.2, 0) is 13.6 Å². The van der Waals surface area contributed by atoms with E-state index < -0.39 is 13.2 Å². The van der Waals surface area contributed by atoms with Gasteiger partial charge in [0.1, 0.15) is 5.30 Å². The van der Waals surface area contributed by atoms with Crippen molar-refractivity contribution in [1.82, 2.24) is 4.98 Å². The summed E-state index contributed by atoms with van der Waals surface area (Å²) in [6.07, 6.45) is 0. The van der Waals surface area contributed by atoms with E-state index in [-0.39, 0.29) is 18.5 Å². The third-order valence-corrected chi connectivity index (χ3v) is 6.57. The van der Waals surface area contributed by atoms with Crippen LogP contribution in [-0.4, -0.2) is 18.2 Å². The molecule has 0 unspecified atom stereocenters. The highest BCUT2D eigenvalue weighted by Crippen LogP contribution is 2.46. The smallest absolute Gasteiger partial charge is 0.320 e. The van der Waals surface area contributed by atoms with Gasteiger partial charge < -0.3 is 14.0 Å². The minimum atomic E-state index is -3.61. The summed E-state index contributed by atoms with van der Waals surface area (Å²) in [5.74, 6) is 0. The van der Waals surface area contributed by atoms with E-state index in [4.69, 9.17) is 9.05 Å². The molecule has 2 rings (SSSR count). The summed E-state index contributed by atoms with van der Waals surface area (Å²) in [6, 6.07) is 3.54. The maximum atomic E-state index is 12.8. The standard InChI is InChI=1S/C15H19BrNO4P/c1-5-20-22(19,21-6-2)12-8-11-7-9(3)10(4)13(16)14(11)17-15(12)18/h7-8H,5-6H2,1-4H3,(H,17,18). The lowest BCUT2D eigenvalue weighted by molar-refractivity contribution is 0.229. The number of H-pyrrole nitrogens is 1. The van der Waals surface area contributed by atoms with Gasteiger partial charge in [-0.25, -0.2) is 0 Å². The van der Waals surface area contributed by atoms with E-state index in [1.165, 1.54) is 0 Å². The number of nitrogens with one attached hydrogen (secondary N) is 1. The molecule has 22 heavy (non-hydrogen) atoms. The van der Waals surface area contributed by atoms with Crippen molar-refractivity contribution >= 4 is 39.7 Å². The lowest BCUT2D eigenvalue weighted by atomic mass is 10.1. The summed E-state index contributed by atoms with van der Waals surface area (Å²) in [5.41, 5.74) is 2.34. The van der Waals surface area contributed by atoms with Gasteiger partial charge >= 0.3 is 7.60 Å². The second kappa shape index (κ2) is 6.67. The third kappa shape index (κ3) is 3.06. The Bertz CT molecular complexity index is 805. The first-order valence-corrected chi connectivity index (χ1v) is 9.40. The van der Waals surface area contributed by atoms with Crippen molar-refractivity contribution < 1.29 is 13.6 Å². The number of aromatic amines is 1. The summed E-state index contributed by atoms with van der Waals surface area (Å²) < 4.78 is 24.2. The molecule has 0 amide bonds. The number of benzene rings is 1. The van der Waals surface area contributed by atoms with Crippen molar-refractivity contribution in [2.24, 2.45) is 0 Å². The molecule has 2 aromatic rings. The Morgan fingerprint density at radius 2 is 1.77 bits per heavy atom. The molecule has 0 fully saturated rings. The predicted molar refractivity (Wildman–Crippen MR) is 92.2 cm³/mol. The summed E-state index contributed by atoms with van der Waals surface area (Å²) in [7, 11) is -3.61. The topological polar surface area (TPSA) is 68.4 Å². The van der Waals surface area contributed by atoms with Crippen LogP contribution in [0, 0.1) is 13.8 Å². The lowest BCUT2D eigenvalue weighted by Crippen LogP contribution is -2.29. The van der Waals surface area contributed by atoms with Crippen LogP contribution in [0.2, 0.25) is 0 Å². The summed E-state index contributed by atoms with van der Waals surface area (Å²) >= 11 is 3.50. The molecule has 0 aliphatic carbocycles. The SMILES string of the molecule is CCOP(=O)(OCC)c1cc2cc(C)c(C)c(Br)c2[nH]c1=O. The maximum Gasteiger partial charge on any atom is 0.366 e. The molecule has 0 radical (unpaired) electrons. The highest BCUT2D eigenvalue weighted by Gasteiger charge is 2.30. The monoisotopic (exact) mass is 387 g/mol. The number of hydrogen-bond donors (Lipinski definition) is 1.